The Hall–Kier alpha value is -1.64. The third kappa shape index (κ3) is 9.74. The summed E-state index contributed by atoms with van der Waals surface area (Å²) in [7, 11) is 1.75. The van der Waals surface area contributed by atoms with E-state index >= 15 is 0 Å². The fourth-order valence-corrected chi connectivity index (χ4v) is 2.23. The maximum atomic E-state index is 5.64. The number of benzene rings is 2. The monoisotopic (exact) mass is 469 g/mol. The van der Waals surface area contributed by atoms with Crippen molar-refractivity contribution in [2.75, 3.05) is 33.4 Å². The van der Waals surface area contributed by atoms with Gasteiger partial charge >= 0.3 is 0 Å². The standard InChI is InChI=1S/C20H27N3O2.HI/c1-21-20(22-12-14-24-16-18-8-4-2-5-9-18)23-13-15-25-17-19-10-6-3-7-11-19;/h2-11H,12-17H2,1H3,(H2,21,22,23);1H. The normalized spacial score (nSPS) is 9.88. The number of nitrogens with zero attached hydrogens (tertiary/aromatic N) is 1. The zero-order valence-corrected chi connectivity index (χ0v) is 17.5. The first-order valence-corrected chi connectivity index (χ1v) is 8.56. The smallest absolute Gasteiger partial charge is 0.191 e. The van der Waals surface area contributed by atoms with Gasteiger partial charge < -0.3 is 20.1 Å². The van der Waals surface area contributed by atoms with E-state index in [-0.39, 0.29) is 24.0 Å². The second kappa shape index (κ2) is 14.5. The summed E-state index contributed by atoms with van der Waals surface area (Å²) < 4.78 is 11.3. The number of halogens is 1. The van der Waals surface area contributed by atoms with Gasteiger partial charge in [-0.15, -0.1) is 24.0 Å². The average molecular weight is 469 g/mol. The Bertz CT molecular complexity index is 557. The number of nitrogens with one attached hydrogen (secondary N) is 2. The summed E-state index contributed by atoms with van der Waals surface area (Å²) >= 11 is 0. The van der Waals surface area contributed by atoms with Gasteiger partial charge in [-0.05, 0) is 11.1 Å². The molecular weight excluding hydrogens is 441 g/mol. The molecule has 0 amide bonds. The highest BCUT2D eigenvalue weighted by Gasteiger charge is 1.98. The van der Waals surface area contributed by atoms with E-state index in [0.717, 1.165) is 5.96 Å². The summed E-state index contributed by atoms with van der Waals surface area (Å²) in [5, 5.41) is 6.45. The molecule has 26 heavy (non-hydrogen) atoms. The van der Waals surface area contributed by atoms with E-state index in [0.29, 0.717) is 39.5 Å². The van der Waals surface area contributed by atoms with Crippen LogP contribution in [0, 0.1) is 0 Å². The van der Waals surface area contributed by atoms with Gasteiger partial charge in [0.1, 0.15) is 0 Å². The van der Waals surface area contributed by atoms with Crippen molar-refractivity contribution >= 4 is 29.9 Å². The molecule has 2 aromatic rings. The molecule has 0 aliphatic carbocycles. The minimum Gasteiger partial charge on any atom is -0.375 e. The molecule has 0 heterocycles. The summed E-state index contributed by atoms with van der Waals surface area (Å²) in [5.41, 5.74) is 2.36. The predicted octanol–water partition coefficient (Wildman–Crippen LogP) is 3.20. The third-order valence-corrected chi connectivity index (χ3v) is 3.52. The predicted molar refractivity (Wildman–Crippen MR) is 117 cm³/mol. The zero-order chi connectivity index (χ0) is 17.6. The Morgan fingerprint density at radius 1 is 0.769 bits per heavy atom. The van der Waals surface area contributed by atoms with E-state index in [9.17, 15) is 0 Å². The summed E-state index contributed by atoms with van der Waals surface area (Å²) in [6.07, 6.45) is 0. The molecular formula is C20H28IN3O2. The van der Waals surface area contributed by atoms with Gasteiger partial charge in [0.15, 0.2) is 5.96 Å². The van der Waals surface area contributed by atoms with Crippen molar-refractivity contribution in [3.8, 4) is 0 Å². The van der Waals surface area contributed by atoms with Crippen LogP contribution >= 0.6 is 24.0 Å². The molecule has 0 saturated heterocycles. The molecule has 0 radical (unpaired) electrons. The van der Waals surface area contributed by atoms with Gasteiger partial charge in [0.2, 0.25) is 0 Å². The van der Waals surface area contributed by atoms with Gasteiger partial charge in [-0.2, -0.15) is 0 Å². The molecule has 2 rings (SSSR count). The van der Waals surface area contributed by atoms with Crippen LogP contribution in [0.4, 0.5) is 0 Å². The van der Waals surface area contributed by atoms with Crippen molar-refractivity contribution in [1.82, 2.24) is 10.6 Å². The molecule has 0 spiro atoms. The van der Waals surface area contributed by atoms with Gasteiger partial charge in [-0.3, -0.25) is 4.99 Å². The maximum absolute atomic E-state index is 5.64. The summed E-state index contributed by atoms with van der Waals surface area (Å²) in [6, 6.07) is 20.3. The molecule has 0 unspecified atom stereocenters. The van der Waals surface area contributed by atoms with Crippen molar-refractivity contribution in [2.45, 2.75) is 13.2 Å². The van der Waals surface area contributed by atoms with Gasteiger partial charge in [0, 0.05) is 20.1 Å². The highest BCUT2D eigenvalue weighted by Crippen LogP contribution is 2.00. The minimum atomic E-state index is 0. The fourth-order valence-electron chi connectivity index (χ4n) is 2.23. The molecule has 0 aromatic heterocycles. The van der Waals surface area contributed by atoms with Gasteiger partial charge in [0.25, 0.3) is 0 Å². The molecule has 0 atom stereocenters. The molecule has 142 valence electrons. The van der Waals surface area contributed by atoms with Crippen molar-refractivity contribution in [2.24, 2.45) is 4.99 Å². The van der Waals surface area contributed by atoms with E-state index in [1.165, 1.54) is 11.1 Å². The van der Waals surface area contributed by atoms with Crippen molar-refractivity contribution in [3.63, 3.8) is 0 Å². The van der Waals surface area contributed by atoms with Crippen LogP contribution in [0.15, 0.2) is 65.7 Å². The van der Waals surface area contributed by atoms with Gasteiger partial charge in [-0.25, -0.2) is 0 Å². The molecule has 0 aliphatic heterocycles. The molecule has 0 saturated carbocycles. The lowest BCUT2D eigenvalue weighted by Gasteiger charge is -2.12. The van der Waals surface area contributed by atoms with Crippen LogP contribution in [0.2, 0.25) is 0 Å². The number of ether oxygens (including phenoxy) is 2. The largest absolute Gasteiger partial charge is 0.375 e. The maximum Gasteiger partial charge on any atom is 0.191 e. The van der Waals surface area contributed by atoms with Crippen LogP contribution in [-0.4, -0.2) is 39.3 Å². The summed E-state index contributed by atoms with van der Waals surface area (Å²) in [6.45, 7) is 3.92. The first-order chi connectivity index (χ1) is 12.4. The second-order valence-electron chi connectivity index (χ2n) is 5.50. The van der Waals surface area contributed by atoms with Gasteiger partial charge in [-0.1, -0.05) is 60.7 Å². The highest BCUT2D eigenvalue weighted by atomic mass is 127. The fraction of sp³-hybridized carbons (Fsp3) is 0.350. The van der Waals surface area contributed by atoms with Crippen LogP contribution in [0.3, 0.4) is 0 Å². The molecule has 5 nitrogen and oxygen atoms in total. The zero-order valence-electron chi connectivity index (χ0n) is 15.2. The van der Waals surface area contributed by atoms with Crippen LogP contribution in [0.1, 0.15) is 11.1 Å². The number of hydrogen-bond acceptors (Lipinski definition) is 3. The van der Waals surface area contributed by atoms with Crippen LogP contribution < -0.4 is 10.6 Å². The van der Waals surface area contributed by atoms with Crippen LogP contribution in [-0.2, 0) is 22.7 Å². The van der Waals surface area contributed by atoms with E-state index in [1.807, 2.05) is 36.4 Å². The minimum absolute atomic E-state index is 0. The Kier molecular flexibility index (Phi) is 12.5. The Morgan fingerprint density at radius 2 is 1.19 bits per heavy atom. The van der Waals surface area contributed by atoms with Crippen LogP contribution in [0.5, 0.6) is 0 Å². The summed E-state index contributed by atoms with van der Waals surface area (Å²) in [5.74, 6) is 0.756. The number of guanidine groups is 1. The van der Waals surface area contributed by atoms with E-state index < -0.39 is 0 Å². The third-order valence-electron chi connectivity index (χ3n) is 3.52. The molecule has 2 aromatic carbocycles. The SMILES string of the molecule is CN=C(NCCOCc1ccccc1)NCCOCc1ccccc1.I. The molecule has 6 heteroatoms. The van der Waals surface area contributed by atoms with E-state index in [1.54, 1.807) is 7.05 Å². The van der Waals surface area contributed by atoms with Crippen molar-refractivity contribution in [1.29, 1.82) is 0 Å². The van der Waals surface area contributed by atoms with E-state index in [4.69, 9.17) is 9.47 Å². The van der Waals surface area contributed by atoms with E-state index in [2.05, 4.69) is 39.9 Å². The first kappa shape index (κ1) is 22.4. The van der Waals surface area contributed by atoms with Crippen molar-refractivity contribution < 1.29 is 9.47 Å². The Morgan fingerprint density at radius 3 is 1.58 bits per heavy atom. The molecule has 0 aliphatic rings. The highest BCUT2D eigenvalue weighted by molar-refractivity contribution is 14.0. The lowest BCUT2D eigenvalue weighted by atomic mass is 10.2. The topological polar surface area (TPSA) is 54.9 Å². The average Bonchev–Trinajstić information content (AvgIpc) is 2.67. The Balaban J connectivity index is 0.00000338. The number of aliphatic imine (C=N–C) groups is 1. The lowest BCUT2D eigenvalue weighted by Crippen LogP contribution is -2.40. The molecule has 2 N–H and O–H groups in total. The lowest BCUT2D eigenvalue weighted by molar-refractivity contribution is 0.123. The second-order valence-corrected chi connectivity index (χ2v) is 5.50. The van der Waals surface area contributed by atoms with Crippen molar-refractivity contribution in [3.05, 3.63) is 71.8 Å². The quantitative estimate of drug-likeness (QED) is 0.243. The van der Waals surface area contributed by atoms with Crippen LogP contribution in [0.25, 0.3) is 0 Å². The molecule has 0 bridgehead atoms. The number of rotatable bonds is 10. The Labute approximate surface area is 173 Å². The summed E-state index contributed by atoms with van der Waals surface area (Å²) in [4.78, 5) is 4.18. The first-order valence-electron chi connectivity index (χ1n) is 8.56. The number of hydrogen-bond donors (Lipinski definition) is 2. The van der Waals surface area contributed by atoms with Gasteiger partial charge in [0.05, 0.1) is 26.4 Å². The molecule has 0 fully saturated rings.